The second-order valence-corrected chi connectivity index (χ2v) is 6.14. The summed E-state index contributed by atoms with van der Waals surface area (Å²) in [4.78, 5) is 13.7. The lowest BCUT2D eigenvalue weighted by molar-refractivity contribution is -0.131. The average Bonchev–Trinajstić information content (AvgIpc) is 2.44. The molecule has 1 aromatic rings. The number of carbonyl (C=O) groups excluding carboxylic acids is 1. The van der Waals surface area contributed by atoms with Crippen LogP contribution in [0.4, 0.5) is 0 Å². The van der Waals surface area contributed by atoms with E-state index in [9.17, 15) is 4.79 Å². The molecule has 5 heteroatoms. The first kappa shape index (κ1) is 15.6. The minimum absolute atomic E-state index is 0.187. The number of carbonyl (C=O) groups is 1. The van der Waals surface area contributed by atoms with E-state index in [1.54, 1.807) is 7.05 Å². The Hall–Kier alpha value is -0.770. The first-order valence-corrected chi connectivity index (χ1v) is 7.72. The van der Waals surface area contributed by atoms with Gasteiger partial charge in [0.15, 0.2) is 0 Å². The molecule has 1 amide bonds. The number of nitrogens with zero attached hydrogens (tertiary/aromatic N) is 1. The molecule has 3 nitrogen and oxygen atoms in total. The second-order valence-electron chi connectivity index (χ2n) is 5.29. The van der Waals surface area contributed by atoms with Gasteiger partial charge in [0, 0.05) is 23.1 Å². The van der Waals surface area contributed by atoms with E-state index in [1.807, 2.05) is 23.1 Å². The van der Waals surface area contributed by atoms with Gasteiger partial charge in [-0.15, -0.1) is 0 Å². The Kier molecular flexibility index (Phi) is 5.70. The van der Waals surface area contributed by atoms with E-state index in [0.717, 1.165) is 48.0 Å². The van der Waals surface area contributed by atoms with E-state index < -0.39 is 0 Å². The molecular formula is C15H20Cl2N2O. The first-order chi connectivity index (χ1) is 9.60. The highest BCUT2D eigenvalue weighted by Gasteiger charge is 2.23. The third kappa shape index (κ3) is 4.11. The fourth-order valence-electron chi connectivity index (χ4n) is 2.66. The van der Waals surface area contributed by atoms with Crippen LogP contribution in [0.3, 0.4) is 0 Å². The van der Waals surface area contributed by atoms with Gasteiger partial charge in [0.05, 0.1) is 6.54 Å². The lowest BCUT2D eigenvalue weighted by atomic mass is 9.90. The monoisotopic (exact) mass is 314 g/mol. The SMILES string of the molecule is CNCC(=O)N1CCC(Cc2cc(Cl)ccc2Cl)CC1. The summed E-state index contributed by atoms with van der Waals surface area (Å²) in [6, 6.07) is 5.61. The molecule has 1 aromatic carbocycles. The number of piperidine rings is 1. The Balaban J connectivity index is 1.88. The van der Waals surface area contributed by atoms with E-state index in [-0.39, 0.29) is 5.91 Å². The lowest BCUT2D eigenvalue weighted by Crippen LogP contribution is -2.42. The number of amides is 1. The fourth-order valence-corrected chi connectivity index (χ4v) is 3.05. The Bertz CT molecular complexity index is 471. The Labute approximate surface area is 130 Å². The van der Waals surface area contributed by atoms with Crippen molar-refractivity contribution in [1.29, 1.82) is 0 Å². The normalized spacial score (nSPS) is 16.4. The van der Waals surface area contributed by atoms with Crippen LogP contribution in [0.15, 0.2) is 18.2 Å². The summed E-state index contributed by atoms with van der Waals surface area (Å²) >= 11 is 12.2. The molecule has 1 heterocycles. The van der Waals surface area contributed by atoms with Gasteiger partial charge in [0.25, 0.3) is 0 Å². The molecule has 2 rings (SSSR count). The molecule has 110 valence electrons. The number of benzene rings is 1. The summed E-state index contributed by atoms with van der Waals surface area (Å²) < 4.78 is 0. The number of hydrogen-bond donors (Lipinski definition) is 1. The van der Waals surface area contributed by atoms with Gasteiger partial charge in [0.2, 0.25) is 5.91 Å². The van der Waals surface area contributed by atoms with Crippen molar-refractivity contribution in [2.24, 2.45) is 5.92 Å². The Morgan fingerprint density at radius 1 is 1.35 bits per heavy atom. The molecule has 0 saturated carbocycles. The van der Waals surface area contributed by atoms with Crippen LogP contribution in [0.2, 0.25) is 10.0 Å². The molecule has 0 aromatic heterocycles. The number of likely N-dealkylation sites (tertiary alicyclic amines) is 1. The standard InChI is InChI=1S/C15H20Cl2N2O/c1-18-10-15(20)19-6-4-11(5-7-19)8-12-9-13(16)2-3-14(12)17/h2-3,9,11,18H,4-8,10H2,1H3. The van der Waals surface area contributed by atoms with E-state index in [2.05, 4.69) is 5.32 Å². The highest BCUT2D eigenvalue weighted by molar-refractivity contribution is 6.33. The van der Waals surface area contributed by atoms with Crippen molar-refractivity contribution in [1.82, 2.24) is 10.2 Å². The van der Waals surface area contributed by atoms with E-state index in [1.165, 1.54) is 0 Å². The quantitative estimate of drug-likeness (QED) is 0.926. The largest absolute Gasteiger partial charge is 0.342 e. The molecule has 1 N–H and O–H groups in total. The van der Waals surface area contributed by atoms with Crippen molar-refractivity contribution in [3.8, 4) is 0 Å². The van der Waals surface area contributed by atoms with Crippen LogP contribution in [0, 0.1) is 5.92 Å². The second kappa shape index (κ2) is 7.30. The molecule has 1 aliphatic rings. The molecule has 20 heavy (non-hydrogen) atoms. The van der Waals surface area contributed by atoms with Crippen LogP contribution in [-0.4, -0.2) is 37.5 Å². The van der Waals surface area contributed by atoms with Crippen molar-refractivity contribution in [3.63, 3.8) is 0 Å². The molecular weight excluding hydrogens is 295 g/mol. The van der Waals surface area contributed by atoms with E-state index in [0.29, 0.717) is 12.5 Å². The smallest absolute Gasteiger partial charge is 0.236 e. The zero-order valence-electron chi connectivity index (χ0n) is 11.7. The predicted molar refractivity (Wildman–Crippen MR) is 83.4 cm³/mol. The minimum Gasteiger partial charge on any atom is -0.342 e. The van der Waals surface area contributed by atoms with Crippen molar-refractivity contribution < 1.29 is 4.79 Å². The summed E-state index contributed by atoms with van der Waals surface area (Å²) in [5.74, 6) is 0.761. The first-order valence-electron chi connectivity index (χ1n) is 6.96. The van der Waals surface area contributed by atoms with E-state index in [4.69, 9.17) is 23.2 Å². The molecule has 0 aliphatic carbocycles. The highest BCUT2D eigenvalue weighted by atomic mass is 35.5. The zero-order valence-corrected chi connectivity index (χ0v) is 13.2. The Morgan fingerprint density at radius 3 is 2.70 bits per heavy atom. The Morgan fingerprint density at radius 2 is 2.05 bits per heavy atom. The van der Waals surface area contributed by atoms with Gasteiger partial charge < -0.3 is 10.2 Å². The predicted octanol–water partition coefficient (Wildman–Crippen LogP) is 2.99. The summed E-state index contributed by atoms with van der Waals surface area (Å²) in [6.45, 7) is 2.09. The van der Waals surface area contributed by atoms with Gasteiger partial charge in [-0.1, -0.05) is 23.2 Å². The summed E-state index contributed by atoms with van der Waals surface area (Å²) in [5, 5.41) is 4.41. The van der Waals surface area contributed by atoms with Crippen molar-refractivity contribution >= 4 is 29.1 Å². The molecule has 0 unspecified atom stereocenters. The van der Waals surface area contributed by atoms with Crippen LogP contribution < -0.4 is 5.32 Å². The van der Waals surface area contributed by atoms with Crippen LogP contribution in [-0.2, 0) is 11.2 Å². The van der Waals surface area contributed by atoms with Gasteiger partial charge in [-0.25, -0.2) is 0 Å². The number of halogens is 2. The molecule has 0 spiro atoms. The van der Waals surface area contributed by atoms with Gasteiger partial charge in [0.1, 0.15) is 0 Å². The number of nitrogens with one attached hydrogen (secondary N) is 1. The summed E-state index contributed by atoms with van der Waals surface area (Å²) in [7, 11) is 1.80. The van der Waals surface area contributed by atoms with E-state index >= 15 is 0 Å². The van der Waals surface area contributed by atoms with Crippen molar-refractivity contribution in [2.45, 2.75) is 19.3 Å². The molecule has 1 fully saturated rings. The highest BCUT2D eigenvalue weighted by Crippen LogP contribution is 2.27. The van der Waals surface area contributed by atoms with Crippen LogP contribution >= 0.6 is 23.2 Å². The topological polar surface area (TPSA) is 32.3 Å². The average molecular weight is 315 g/mol. The third-order valence-electron chi connectivity index (χ3n) is 3.81. The van der Waals surface area contributed by atoms with Gasteiger partial charge in [-0.3, -0.25) is 4.79 Å². The fraction of sp³-hybridized carbons (Fsp3) is 0.533. The molecule has 1 aliphatic heterocycles. The molecule has 0 atom stereocenters. The van der Waals surface area contributed by atoms with Gasteiger partial charge in [-0.2, -0.15) is 0 Å². The molecule has 1 saturated heterocycles. The van der Waals surface area contributed by atoms with Crippen molar-refractivity contribution in [3.05, 3.63) is 33.8 Å². The molecule has 0 bridgehead atoms. The zero-order chi connectivity index (χ0) is 14.5. The minimum atomic E-state index is 0.187. The maximum Gasteiger partial charge on any atom is 0.236 e. The third-order valence-corrected chi connectivity index (χ3v) is 4.42. The van der Waals surface area contributed by atoms with Crippen LogP contribution in [0.1, 0.15) is 18.4 Å². The number of hydrogen-bond acceptors (Lipinski definition) is 2. The summed E-state index contributed by atoms with van der Waals surface area (Å²) in [6.07, 6.45) is 2.99. The maximum absolute atomic E-state index is 11.8. The molecule has 0 radical (unpaired) electrons. The van der Waals surface area contributed by atoms with Crippen LogP contribution in [0.25, 0.3) is 0 Å². The lowest BCUT2D eigenvalue weighted by Gasteiger charge is -2.32. The maximum atomic E-state index is 11.8. The van der Waals surface area contributed by atoms with Crippen molar-refractivity contribution in [2.75, 3.05) is 26.7 Å². The number of likely N-dealkylation sites (N-methyl/N-ethyl adjacent to an activating group) is 1. The van der Waals surface area contributed by atoms with Crippen LogP contribution in [0.5, 0.6) is 0 Å². The summed E-state index contributed by atoms with van der Waals surface area (Å²) in [5.41, 5.74) is 1.11. The number of rotatable bonds is 4. The van der Waals surface area contributed by atoms with Gasteiger partial charge >= 0.3 is 0 Å². The van der Waals surface area contributed by atoms with Gasteiger partial charge in [-0.05, 0) is 56.0 Å².